The Morgan fingerprint density at radius 1 is 1.33 bits per heavy atom. The Morgan fingerprint density at radius 3 is 2.57 bits per heavy atom. The van der Waals surface area contributed by atoms with Gasteiger partial charge in [-0.1, -0.05) is 28.9 Å². The fraction of sp³-hybridized carbons (Fsp3) is 0.647. The first-order valence-electron chi connectivity index (χ1n) is 7.94. The highest BCUT2D eigenvalue weighted by molar-refractivity contribution is 9.10. The van der Waals surface area contributed by atoms with E-state index in [0.717, 1.165) is 26.1 Å². The van der Waals surface area contributed by atoms with E-state index >= 15 is 0 Å². The third-order valence-corrected chi connectivity index (χ3v) is 4.62. The number of morpholine rings is 1. The number of nitrogens with zero attached hydrogens (tertiary/aromatic N) is 1. The van der Waals surface area contributed by atoms with Crippen LogP contribution in [0.3, 0.4) is 0 Å². The van der Waals surface area contributed by atoms with E-state index in [9.17, 15) is 0 Å². The number of benzene rings is 1. The minimum Gasteiger partial charge on any atom is -0.372 e. The topological polar surface area (TPSA) is 24.5 Å². The summed E-state index contributed by atoms with van der Waals surface area (Å²) in [6.45, 7) is 11.7. The lowest BCUT2D eigenvalue weighted by Crippen LogP contribution is -2.45. The van der Waals surface area contributed by atoms with Gasteiger partial charge in [-0.2, -0.15) is 0 Å². The van der Waals surface area contributed by atoms with E-state index in [0.29, 0.717) is 6.04 Å². The summed E-state index contributed by atoms with van der Waals surface area (Å²) in [7, 11) is 0. The van der Waals surface area contributed by atoms with Crippen molar-refractivity contribution in [2.24, 2.45) is 0 Å². The molecule has 3 unspecified atom stereocenters. The highest BCUT2D eigenvalue weighted by Crippen LogP contribution is 2.29. The summed E-state index contributed by atoms with van der Waals surface area (Å²) in [4.78, 5) is 2.41. The predicted molar refractivity (Wildman–Crippen MR) is 93.1 cm³/mol. The Balaban J connectivity index is 2.11. The van der Waals surface area contributed by atoms with Crippen molar-refractivity contribution >= 4 is 21.6 Å². The molecule has 0 aliphatic carbocycles. The molecule has 0 aromatic heterocycles. The largest absolute Gasteiger partial charge is 0.372 e. The van der Waals surface area contributed by atoms with Gasteiger partial charge in [0.05, 0.1) is 12.2 Å². The van der Waals surface area contributed by atoms with Crippen LogP contribution in [0.25, 0.3) is 0 Å². The summed E-state index contributed by atoms with van der Waals surface area (Å²) in [5, 5.41) is 3.54. The molecule has 0 radical (unpaired) electrons. The first-order valence-corrected chi connectivity index (χ1v) is 8.73. The summed E-state index contributed by atoms with van der Waals surface area (Å²) >= 11 is 3.74. The molecule has 1 aromatic rings. The maximum Gasteiger partial charge on any atom is 0.0726 e. The molecule has 0 bridgehead atoms. The Hall–Kier alpha value is -0.580. The number of rotatable bonds is 5. The van der Waals surface area contributed by atoms with Crippen LogP contribution in [-0.2, 0) is 4.74 Å². The van der Waals surface area contributed by atoms with Crippen LogP contribution in [0.5, 0.6) is 0 Å². The Morgan fingerprint density at radius 2 is 2.00 bits per heavy atom. The summed E-state index contributed by atoms with van der Waals surface area (Å²) in [6.07, 6.45) is 1.73. The molecule has 1 heterocycles. The van der Waals surface area contributed by atoms with Crippen molar-refractivity contribution in [3.05, 3.63) is 28.2 Å². The molecule has 1 aromatic carbocycles. The Bertz CT molecular complexity index is 456. The van der Waals surface area contributed by atoms with Crippen LogP contribution >= 0.6 is 15.9 Å². The summed E-state index contributed by atoms with van der Waals surface area (Å²) in [6, 6.07) is 7.08. The van der Waals surface area contributed by atoms with E-state index in [1.54, 1.807) is 0 Å². The number of nitrogens with one attached hydrogen (secondary N) is 1. The molecule has 0 spiro atoms. The van der Waals surface area contributed by atoms with Crippen LogP contribution in [0.2, 0.25) is 0 Å². The Labute approximate surface area is 137 Å². The molecule has 3 nitrogen and oxygen atoms in total. The molecular formula is C17H27BrN2O. The highest BCUT2D eigenvalue weighted by atomic mass is 79.9. The lowest BCUT2D eigenvalue weighted by molar-refractivity contribution is -0.00522. The maximum atomic E-state index is 5.81. The second-order valence-electron chi connectivity index (χ2n) is 6.04. The summed E-state index contributed by atoms with van der Waals surface area (Å²) in [5.74, 6) is 0. The molecule has 1 saturated heterocycles. The molecule has 1 aliphatic rings. The van der Waals surface area contributed by atoms with Gasteiger partial charge in [-0.15, -0.1) is 0 Å². The van der Waals surface area contributed by atoms with Crippen molar-refractivity contribution in [3.63, 3.8) is 0 Å². The molecule has 0 amide bonds. The van der Waals surface area contributed by atoms with E-state index in [1.165, 1.54) is 15.7 Å². The van der Waals surface area contributed by atoms with Crippen LogP contribution in [0.4, 0.5) is 5.69 Å². The van der Waals surface area contributed by atoms with E-state index < -0.39 is 0 Å². The number of anilines is 1. The normalized spacial score (nSPS) is 24.1. The second kappa shape index (κ2) is 7.61. The van der Waals surface area contributed by atoms with Gasteiger partial charge in [0.15, 0.2) is 0 Å². The van der Waals surface area contributed by atoms with Gasteiger partial charge in [0.2, 0.25) is 0 Å². The van der Waals surface area contributed by atoms with Crippen molar-refractivity contribution in [2.75, 3.05) is 24.5 Å². The number of ether oxygens (including phenoxy) is 1. The average Bonchev–Trinajstić information content (AvgIpc) is 2.43. The molecule has 118 valence electrons. The number of hydrogen-bond donors (Lipinski definition) is 1. The maximum absolute atomic E-state index is 5.81. The molecule has 21 heavy (non-hydrogen) atoms. The van der Waals surface area contributed by atoms with Crippen LogP contribution in [0.1, 0.15) is 45.7 Å². The predicted octanol–water partition coefficient (Wildman–Crippen LogP) is 4.12. The SMILES string of the molecule is CCCNC(C)c1ccc(N2CC(C)OC(C)C2)cc1Br. The van der Waals surface area contributed by atoms with Gasteiger partial charge >= 0.3 is 0 Å². The van der Waals surface area contributed by atoms with Gasteiger partial charge in [-0.05, 0) is 51.4 Å². The lowest BCUT2D eigenvalue weighted by Gasteiger charge is -2.37. The van der Waals surface area contributed by atoms with Crippen LogP contribution in [-0.4, -0.2) is 31.8 Å². The molecular weight excluding hydrogens is 328 g/mol. The highest BCUT2D eigenvalue weighted by Gasteiger charge is 2.23. The van der Waals surface area contributed by atoms with Crippen LogP contribution in [0.15, 0.2) is 22.7 Å². The van der Waals surface area contributed by atoms with Gasteiger partial charge in [0.1, 0.15) is 0 Å². The molecule has 1 aliphatic heterocycles. The zero-order chi connectivity index (χ0) is 15.4. The summed E-state index contributed by atoms with van der Waals surface area (Å²) in [5.41, 5.74) is 2.59. The quantitative estimate of drug-likeness (QED) is 0.860. The van der Waals surface area contributed by atoms with E-state index in [-0.39, 0.29) is 12.2 Å². The minimum absolute atomic E-state index is 0.289. The lowest BCUT2D eigenvalue weighted by atomic mass is 10.1. The van der Waals surface area contributed by atoms with Crippen LogP contribution in [0, 0.1) is 0 Å². The monoisotopic (exact) mass is 354 g/mol. The smallest absolute Gasteiger partial charge is 0.0726 e. The molecule has 1 N–H and O–H groups in total. The molecule has 0 saturated carbocycles. The van der Waals surface area contributed by atoms with E-state index in [4.69, 9.17) is 4.74 Å². The van der Waals surface area contributed by atoms with Crippen molar-refractivity contribution in [2.45, 2.75) is 52.4 Å². The summed E-state index contributed by atoms with van der Waals surface area (Å²) < 4.78 is 6.99. The van der Waals surface area contributed by atoms with E-state index in [1.807, 2.05) is 0 Å². The van der Waals surface area contributed by atoms with Gasteiger partial charge in [0.25, 0.3) is 0 Å². The number of halogens is 1. The van der Waals surface area contributed by atoms with Gasteiger partial charge in [-0.25, -0.2) is 0 Å². The second-order valence-corrected chi connectivity index (χ2v) is 6.90. The molecule has 4 heteroatoms. The molecule has 2 rings (SSSR count). The zero-order valence-corrected chi connectivity index (χ0v) is 15.1. The minimum atomic E-state index is 0.289. The first-order chi connectivity index (χ1) is 10.0. The zero-order valence-electron chi connectivity index (χ0n) is 13.5. The van der Waals surface area contributed by atoms with Crippen molar-refractivity contribution < 1.29 is 4.74 Å². The van der Waals surface area contributed by atoms with Crippen molar-refractivity contribution in [1.29, 1.82) is 0 Å². The van der Waals surface area contributed by atoms with Gasteiger partial charge in [0, 0.05) is 29.3 Å². The third kappa shape index (κ3) is 4.44. The molecule has 3 atom stereocenters. The fourth-order valence-corrected chi connectivity index (χ4v) is 3.63. The number of hydrogen-bond acceptors (Lipinski definition) is 3. The first kappa shape index (κ1) is 16.8. The van der Waals surface area contributed by atoms with E-state index in [2.05, 4.69) is 72.0 Å². The Kier molecular flexibility index (Phi) is 6.08. The van der Waals surface area contributed by atoms with Gasteiger partial charge < -0.3 is 15.0 Å². The third-order valence-electron chi connectivity index (χ3n) is 3.94. The molecule has 1 fully saturated rings. The van der Waals surface area contributed by atoms with Crippen molar-refractivity contribution in [3.8, 4) is 0 Å². The van der Waals surface area contributed by atoms with Crippen LogP contribution < -0.4 is 10.2 Å². The van der Waals surface area contributed by atoms with Gasteiger partial charge in [-0.3, -0.25) is 0 Å². The van der Waals surface area contributed by atoms with Crippen molar-refractivity contribution in [1.82, 2.24) is 5.32 Å². The fourth-order valence-electron chi connectivity index (χ4n) is 2.92. The standard InChI is InChI=1S/C17H27BrN2O/c1-5-8-19-14(4)16-7-6-15(9-17(16)18)20-10-12(2)21-13(3)11-20/h6-7,9,12-14,19H,5,8,10-11H2,1-4H3. The average molecular weight is 355 g/mol.